The molecule has 122 valence electrons. The summed E-state index contributed by atoms with van der Waals surface area (Å²) in [6.45, 7) is 6.16. The standard InChI is InChI=1S/C19H23BrN2O/c1-4-15-9-11-16(12-10-15)22-19(23)14(3)21-13(2)17-7-5-6-8-18(17)20/h5-14,21H,4H2,1-3H3,(H,22,23)/p+1/t13-,14-/m1/s1. The first-order valence-corrected chi connectivity index (χ1v) is 8.79. The van der Waals surface area contributed by atoms with E-state index in [1.165, 1.54) is 11.1 Å². The van der Waals surface area contributed by atoms with E-state index < -0.39 is 0 Å². The molecule has 0 unspecified atom stereocenters. The maximum absolute atomic E-state index is 12.4. The van der Waals surface area contributed by atoms with Crippen molar-refractivity contribution in [3.8, 4) is 0 Å². The molecule has 2 aromatic carbocycles. The van der Waals surface area contributed by atoms with Crippen molar-refractivity contribution in [2.24, 2.45) is 0 Å². The Labute approximate surface area is 146 Å². The second-order valence-corrected chi connectivity index (χ2v) is 6.69. The number of benzene rings is 2. The minimum Gasteiger partial charge on any atom is -0.330 e. The van der Waals surface area contributed by atoms with Crippen LogP contribution in [0.5, 0.6) is 0 Å². The van der Waals surface area contributed by atoms with Crippen LogP contribution in [0.15, 0.2) is 53.0 Å². The van der Waals surface area contributed by atoms with Crippen molar-refractivity contribution in [2.45, 2.75) is 39.3 Å². The van der Waals surface area contributed by atoms with E-state index in [2.05, 4.69) is 46.5 Å². The molecular formula is C19H24BrN2O+. The summed E-state index contributed by atoms with van der Waals surface area (Å²) in [6, 6.07) is 16.2. The summed E-state index contributed by atoms with van der Waals surface area (Å²) in [5, 5.41) is 5.06. The van der Waals surface area contributed by atoms with Gasteiger partial charge in [-0.05, 0) is 44.0 Å². The summed E-state index contributed by atoms with van der Waals surface area (Å²) in [7, 11) is 0. The smallest absolute Gasteiger partial charge is 0.282 e. The number of hydrogen-bond donors (Lipinski definition) is 2. The van der Waals surface area contributed by atoms with Crippen LogP contribution in [-0.4, -0.2) is 11.9 Å². The van der Waals surface area contributed by atoms with Crippen molar-refractivity contribution in [2.75, 3.05) is 5.32 Å². The molecule has 0 aliphatic rings. The molecule has 0 bridgehead atoms. The summed E-state index contributed by atoms with van der Waals surface area (Å²) < 4.78 is 1.08. The Morgan fingerprint density at radius 1 is 1.13 bits per heavy atom. The number of hydrogen-bond acceptors (Lipinski definition) is 1. The molecule has 0 radical (unpaired) electrons. The van der Waals surface area contributed by atoms with E-state index >= 15 is 0 Å². The van der Waals surface area contributed by atoms with E-state index in [9.17, 15) is 4.79 Å². The molecule has 1 amide bonds. The molecule has 3 nitrogen and oxygen atoms in total. The Bertz CT molecular complexity index is 655. The number of anilines is 1. The zero-order valence-corrected chi connectivity index (χ0v) is 15.4. The minimum atomic E-state index is -0.164. The number of carbonyl (C=O) groups excluding carboxylic acids is 1. The number of halogens is 1. The number of aryl methyl sites for hydroxylation is 1. The van der Waals surface area contributed by atoms with Crippen LogP contribution >= 0.6 is 15.9 Å². The largest absolute Gasteiger partial charge is 0.330 e. The second kappa shape index (κ2) is 8.27. The molecule has 0 heterocycles. The van der Waals surface area contributed by atoms with E-state index in [1.54, 1.807) is 0 Å². The van der Waals surface area contributed by atoms with Crippen molar-refractivity contribution in [3.63, 3.8) is 0 Å². The zero-order valence-electron chi connectivity index (χ0n) is 13.8. The molecule has 3 N–H and O–H groups in total. The maximum Gasteiger partial charge on any atom is 0.282 e. The zero-order chi connectivity index (χ0) is 16.8. The fourth-order valence-electron chi connectivity index (χ4n) is 2.55. The SMILES string of the molecule is CCc1ccc(NC(=O)[C@@H](C)[NH2+][C@H](C)c2ccccc2Br)cc1. The fraction of sp³-hybridized carbons (Fsp3) is 0.316. The third-order valence-corrected chi connectivity index (χ3v) is 4.74. The molecule has 0 saturated heterocycles. The van der Waals surface area contributed by atoms with Crippen molar-refractivity contribution >= 4 is 27.5 Å². The first kappa shape index (κ1) is 17.7. The molecule has 0 spiro atoms. The molecule has 4 heteroatoms. The van der Waals surface area contributed by atoms with Crippen LogP contribution in [0.4, 0.5) is 5.69 Å². The fourth-order valence-corrected chi connectivity index (χ4v) is 3.19. The van der Waals surface area contributed by atoms with Gasteiger partial charge >= 0.3 is 0 Å². The lowest BCUT2D eigenvalue weighted by atomic mass is 10.1. The summed E-state index contributed by atoms with van der Waals surface area (Å²) in [5.74, 6) is 0.0214. The Kier molecular flexibility index (Phi) is 6.37. The van der Waals surface area contributed by atoms with Gasteiger partial charge in [-0.3, -0.25) is 4.79 Å². The summed E-state index contributed by atoms with van der Waals surface area (Å²) in [4.78, 5) is 12.4. The third kappa shape index (κ3) is 4.91. The van der Waals surface area contributed by atoms with Gasteiger partial charge in [-0.25, -0.2) is 0 Å². The maximum atomic E-state index is 12.4. The molecular weight excluding hydrogens is 352 g/mol. The molecule has 0 aliphatic carbocycles. The van der Waals surface area contributed by atoms with E-state index in [0.717, 1.165) is 16.6 Å². The highest BCUT2D eigenvalue weighted by Crippen LogP contribution is 2.20. The van der Waals surface area contributed by atoms with Crippen LogP contribution in [0.25, 0.3) is 0 Å². The van der Waals surface area contributed by atoms with Crippen LogP contribution in [0, 0.1) is 0 Å². The van der Waals surface area contributed by atoms with Gasteiger partial charge < -0.3 is 10.6 Å². The van der Waals surface area contributed by atoms with Crippen molar-refractivity contribution < 1.29 is 10.1 Å². The van der Waals surface area contributed by atoms with Crippen LogP contribution in [0.3, 0.4) is 0 Å². The van der Waals surface area contributed by atoms with Gasteiger partial charge in [0, 0.05) is 15.7 Å². The van der Waals surface area contributed by atoms with Crippen molar-refractivity contribution in [3.05, 3.63) is 64.1 Å². The van der Waals surface area contributed by atoms with E-state index in [1.807, 2.05) is 49.4 Å². The van der Waals surface area contributed by atoms with Gasteiger partial charge in [-0.1, -0.05) is 53.2 Å². The monoisotopic (exact) mass is 375 g/mol. The number of quaternary nitrogens is 1. The van der Waals surface area contributed by atoms with Crippen molar-refractivity contribution in [1.82, 2.24) is 0 Å². The Hall–Kier alpha value is -1.65. The number of amides is 1. The van der Waals surface area contributed by atoms with Gasteiger partial charge in [0.25, 0.3) is 5.91 Å². The van der Waals surface area contributed by atoms with Crippen LogP contribution in [-0.2, 0) is 11.2 Å². The second-order valence-electron chi connectivity index (χ2n) is 5.83. The Morgan fingerprint density at radius 3 is 2.39 bits per heavy atom. The molecule has 0 aliphatic heterocycles. The summed E-state index contributed by atoms with van der Waals surface area (Å²) >= 11 is 3.57. The number of rotatable bonds is 6. The normalized spacial score (nSPS) is 13.4. The molecule has 2 aromatic rings. The van der Waals surface area contributed by atoms with Gasteiger partial charge in [0.05, 0.1) is 0 Å². The lowest BCUT2D eigenvalue weighted by molar-refractivity contribution is -0.709. The highest BCUT2D eigenvalue weighted by Gasteiger charge is 2.21. The highest BCUT2D eigenvalue weighted by atomic mass is 79.9. The minimum absolute atomic E-state index is 0.0214. The molecule has 2 rings (SSSR count). The lowest BCUT2D eigenvalue weighted by Crippen LogP contribution is -2.91. The van der Waals surface area contributed by atoms with Crippen LogP contribution in [0.1, 0.15) is 37.9 Å². The first-order valence-electron chi connectivity index (χ1n) is 8.00. The number of nitrogens with one attached hydrogen (secondary N) is 1. The van der Waals surface area contributed by atoms with Crippen LogP contribution < -0.4 is 10.6 Å². The highest BCUT2D eigenvalue weighted by molar-refractivity contribution is 9.10. The van der Waals surface area contributed by atoms with Crippen molar-refractivity contribution in [1.29, 1.82) is 0 Å². The summed E-state index contributed by atoms with van der Waals surface area (Å²) in [5.41, 5.74) is 3.31. The van der Waals surface area contributed by atoms with E-state index in [-0.39, 0.29) is 18.0 Å². The molecule has 0 saturated carbocycles. The topological polar surface area (TPSA) is 45.7 Å². The lowest BCUT2D eigenvalue weighted by Gasteiger charge is -2.18. The Balaban J connectivity index is 1.95. The van der Waals surface area contributed by atoms with Gasteiger partial charge in [-0.2, -0.15) is 0 Å². The van der Waals surface area contributed by atoms with Gasteiger partial charge in [0.2, 0.25) is 0 Å². The molecule has 0 fully saturated rings. The first-order chi connectivity index (χ1) is 11.0. The van der Waals surface area contributed by atoms with E-state index in [0.29, 0.717) is 0 Å². The average molecular weight is 376 g/mol. The van der Waals surface area contributed by atoms with Gasteiger partial charge in [-0.15, -0.1) is 0 Å². The quantitative estimate of drug-likeness (QED) is 0.794. The third-order valence-electron chi connectivity index (χ3n) is 4.02. The molecule has 0 aromatic heterocycles. The number of nitrogens with two attached hydrogens (primary N) is 1. The van der Waals surface area contributed by atoms with E-state index in [4.69, 9.17) is 0 Å². The number of carbonyl (C=O) groups is 1. The van der Waals surface area contributed by atoms with Gasteiger partial charge in [0.15, 0.2) is 6.04 Å². The average Bonchev–Trinajstić information content (AvgIpc) is 2.55. The molecule has 2 atom stereocenters. The van der Waals surface area contributed by atoms with Gasteiger partial charge in [0.1, 0.15) is 6.04 Å². The van der Waals surface area contributed by atoms with Crippen LogP contribution in [0.2, 0.25) is 0 Å². The summed E-state index contributed by atoms with van der Waals surface area (Å²) in [6.07, 6.45) is 1.00. The predicted molar refractivity (Wildman–Crippen MR) is 98.4 cm³/mol. The molecule has 23 heavy (non-hydrogen) atoms. The predicted octanol–water partition coefficient (Wildman–Crippen LogP) is 3.66. The Morgan fingerprint density at radius 2 is 1.78 bits per heavy atom.